The molecule has 0 aromatic carbocycles. The normalized spacial score (nSPS) is 44.1. The van der Waals surface area contributed by atoms with Crippen LogP contribution in [0.2, 0.25) is 0 Å². The topological polar surface area (TPSA) is 15.3 Å². The van der Waals surface area contributed by atoms with Crippen molar-refractivity contribution in [2.45, 2.75) is 58.0 Å². The maximum absolute atomic E-state index is 3.82. The molecule has 2 unspecified atom stereocenters. The second-order valence-electron chi connectivity index (χ2n) is 7.15. The summed E-state index contributed by atoms with van der Waals surface area (Å²) in [6.45, 7) is 11.1. The fourth-order valence-corrected chi connectivity index (χ4v) is 3.54. The highest BCUT2D eigenvalue weighted by molar-refractivity contribution is 5.08. The number of nitrogens with one attached hydrogen (secondary N) is 1. The van der Waals surface area contributed by atoms with Crippen LogP contribution in [0.3, 0.4) is 0 Å². The van der Waals surface area contributed by atoms with Crippen molar-refractivity contribution >= 4 is 0 Å². The van der Waals surface area contributed by atoms with Gasteiger partial charge in [0.25, 0.3) is 0 Å². The third-order valence-electron chi connectivity index (χ3n) is 5.06. The molecule has 2 atom stereocenters. The zero-order valence-corrected chi connectivity index (χ0v) is 11.1. The largest absolute Gasteiger partial charge is 0.310 e. The zero-order valence-electron chi connectivity index (χ0n) is 11.1. The summed E-state index contributed by atoms with van der Waals surface area (Å²) in [5, 5.41) is 3.82. The Morgan fingerprint density at radius 1 is 1.19 bits per heavy atom. The second kappa shape index (κ2) is 3.46. The van der Waals surface area contributed by atoms with Crippen LogP contribution >= 0.6 is 0 Å². The highest BCUT2D eigenvalue weighted by atomic mass is 15.2. The van der Waals surface area contributed by atoms with Crippen molar-refractivity contribution in [1.82, 2.24) is 10.2 Å². The Balaban J connectivity index is 1.70. The van der Waals surface area contributed by atoms with E-state index in [9.17, 15) is 0 Å². The molecule has 16 heavy (non-hydrogen) atoms. The summed E-state index contributed by atoms with van der Waals surface area (Å²) < 4.78 is 0. The Hall–Kier alpha value is -0.0800. The van der Waals surface area contributed by atoms with Crippen LogP contribution in [0.25, 0.3) is 0 Å². The van der Waals surface area contributed by atoms with Crippen LogP contribution in [-0.2, 0) is 0 Å². The first-order valence-corrected chi connectivity index (χ1v) is 7.00. The molecule has 2 aliphatic carbocycles. The third kappa shape index (κ3) is 1.91. The van der Waals surface area contributed by atoms with E-state index in [2.05, 4.69) is 31.0 Å². The van der Waals surface area contributed by atoms with Crippen molar-refractivity contribution in [1.29, 1.82) is 0 Å². The molecule has 1 saturated heterocycles. The summed E-state index contributed by atoms with van der Waals surface area (Å²) in [4.78, 5) is 2.78. The monoisotopic (exact) mass is 222 g/mol. The molecule has 0 spiro atoms. The van der Waals surface area contributed by atoms with E-state index in [0.29, 0.717) is 11.0 Å². The van der Waals surface area contributed by atoms with Gasteiger partial charge in [-0.05, 0) is 57.0 Å². The SMILES string of the molecule is CC1(C)CC1N1CCCNC(C)(C2CC2)C1. The van der Waals surface area contributed by atoms with Gasteiger partial charge in [0, 0.05) is 18.1 Å². The molecule has 0 amide bonds. The summed E-state index contributed by atoms with van der Waals surface area (Å²) >= 11 is 0. The average Bonchev–Trinajstić information content (AvgIpc) is 3.03. The maximum Gasteiger partial charge on any atom is 0.0308 e. The van der Waals surface area contributed by atoms with Crippen LogP contribution in [0.15, 0.2) is 0 Å². The van der Waals surface area contributed by atoms with E-state index in [4.69, 9.17) is 0 Å². The average molecular weight is 222 g/mol. The molecule has 1 aliphatic heterocycles. The fourth-order valence-electron chi connectivity index (χ4n) is 3.54. The van der Waals surface area contributed by atoms with Crippen molar-refractivity contribution in [2.75, 3.05) is 19.6 Å². The molecule has 0 radical (unpaired) electrons. The molecule has 2 heteroatoms. The van der Waals surface area contributed by atoms with E-state index < -0.39 is 0 Å². The Morgan fingerprint density at radius 3 is 2.44 bits per heavy atom. The first-order chi connectivity index (χ1) is 7.51. The quantitative estimate of drug-likeness (QED) is 0.771. The van der Waals surface area contributed by atoms with Gasteiger partial charge in [-0.1, -0.05) is 13.8 Å². The molecule has 0 bridgehead atoms. The Kier molecular flexibility index (Phi) is 2.38. The van der Waals surface area contributed by atoms with Crippen molar-refractivity contribution in [2.24, 2.45) is 11.3 Å². The molecule has 2 nitrogen and oxygen atoms in total. The summed E-state index contributed by atoms with van der Waals surface area (Å²) in [5.41, 5.74) is 1.00. The maximum atomic E-state index is 3.82. The van der Waals surface area contributed by atoms with Gasteiger partial charge in [-0.25, -0.2) is 0 Å². The number of hydrogen-bond acceptors (Lipinski definition) is 2. The number of hydrogen-bond donors (Lipinski definition) is 1. The van der Waals surface area contributed by atoms with Gasteiger partial charge >= 0.3 is 0 Å². The van der Waals surface area contributed by atoms with E-state index in [0.717, 1.165) is 12.0 Å². The van der Waals surface area contributed by atoms with Crippen LogP contribution in [-0.4, -0.2) is 36.1 Å². The molecule has 92 valence electrons. The lowest BCUT2D eigenvalue weighted by atomic mass is 9.95. The Labute approximate surface area is 99.8 Å². The lowest BCUT2D eigenvalue weighted by molar-refractivity contribution is 0.178. The molecule has 3 fully saturated rings. The second-order valence-corrected chi connectivity index (χ2v) is 7.15. The zero-order chi connectivity index (χ0) is 11.4. The standard InChI is InChI=1S/C14H26N2/c1-13(2)9-12(13)16-8-4-7-15-14(3,10-16)11-5-6-11/h11-12,15H,4-10H2,1-3H3. The molecule has 0 aromatic heterocycles. The summed E-state index contributed by atoms with van der Waals surface area (Å²) in [6, 6.07) is 0.866. The first-order valence-electron chi connectivity index (χ1n) is 7.00. The highest BCUT2D eigenvalue weighted by Crippen LogP contribution is 2.50. The molecule has 0 aromatic rings. The molecule has 3 aliphatic rings. The predicted molar refractivity (Wildman–Crippen MR) is 67.5 cm³/mol. The van der Waals surface area contributed by atoms with Gasteiger partial charge < -0.3 is 5.32 Å². The van der Waals surface area contributed by atoms with Crippen LogP contribution in [0.4, 0.5) is 0 Å². The minimum atomic E-state index is 0.412. The lowest BCUT2D eigenvalue weighted by Gasteiger charge is -2.34. The summed E-state index contributed by atoms with van der Waals surface area (Å²) in [5.74, 6) is 0.954. The van der Waals surface area contributed by atoms with Crippen LogP contribution < -0.4 is 5.32 Å². The molecule has 1 N–H and O–H groups in total. The summed E-state index contributed by atoms with van der Waals surface area (Å²) in [7, 11) is 0. The molecular formula is C14H26N2. The Bertz CT molecular complexity index is 282. The van der Waals surface area contributed by atoms with Crippen molar-refractivity contribution in [3.8, 4) is 0 Å². The van der Waals surface area contributed by atoms with Gasteiger partial charge in [-0.2, -0.15) is 0 Å². The smallest absolute Gasteiger partial charge is 0.0308 e. The van der Waals surface area contributed by atoms with Gasteiger partial charge in [-0.3, -0.25) is 4.90 Å². The molecule has 3 rings (SSSR count). The number of rotatable bonds is 2. The van der Waals surface area contributed by atoms with E-state index in [1.165, 1.54) is 45.3 Å². The predicted octanol–water partition coefficient (Wildman–Crippen LogP) is 2.25. The van der Waals surface area contributed by atoms with E-state index in [1.54, 1.807) is 0 Å². The van der Waals surface area contributed by atoms with E-state index in [-0.39, 0.29) is 0 Å². The summed E-state index contributed by atoms with van der Waals surface area (Å²) in [6.07, 6.45) is 5.64. The minimum Gasteiger partial charge on any atom is -0.310 e. The molecule has 2 saturated carbocycles. The van der Waals surface area contributed by atoms with Gasteiger partial charge in [0.2, 0.25) is 0 Å². The van der Waals surface area contributed by atoms with Crippen LogP contribution in [0, 0.1) is 11.3 Å². The lowest BCUT2D eigenvalue weighted by Crippen LogP contribution is -2.51. The van der Waals surface area contributed by atoms with E-state index in [1.807, 2.05) is 0 Å². The highest BCUT2D eigenvalue weighted by Gasteiger charge is 2.52. The van der Waals surface area contributed by atoms with Gasteiger partial charge in [0.15, 0.2) is 0 Å². The van der Waals surface area contributed by atoms with Gasteiger partial charge in [0.05, 0.1) is 0 Å². The number of nitrogens with zero attached hydrogens (tertiary/aromatic N) is 1. The first kappa shape index (κ1) is 11.0. The fraction of sp³-hybridized carbons (Fsp3) is 1.00. The van der Waals surface area contributed by atoms with Gasteiger partial charge in [-0.15, -0.1) is 0 Å². The molecular weight excluding hydrogens is 196 g/mol. The minimum absolute atomic E-state index is 0.412. The van der Waals surface area contributed by atoms with Gasteiger partial charge in [0.1, 0.15) is 0 Å². The van der Waals surface area contributed by atoms with Crippen molar-refractivity contribution < 1.29 is 0 Å². The van der Waals surface area contributed by atoms with Crippen molar-refractivity contribution in [3.63, 3.8) is 0 Å². The van der Waals surface area contributed by atoms with Crippen molar-refractivity contribution in [3.05, 3.63) is 0 Å². The van der Waals surface area contributed by atoms with Crippen LogP contribution in [0.5, 0.6) is 0 Å². The van der Waals surface area contributed by atoms with Crippen LogP contribution in [0.1, 0.15) is 46.5 Å². The Morgan fingerprint density at radius 2 is 1.88 bits per heavy atom. The van der Waals surface area contributed by atoms with E-state index >= 15 is 0 Å². The third-order valence-corrected chi connectivity index (χ3v) is 5.06. The molecule has 1 heterocycles.